The highest BCUT2D eigenvalue weighted by Crippen LogP contribution is 2.20. The number of nitrogens with one attached hydrogen (secondary N) is 1. The minimum absolute atomic E-state index is 0.00916. The number of anilines is 1. The highest BCUT2D eigenvalue weighted by Gasteiger charge is 2.17. The van der Waals surface area contributed by atoms with Crippen LogP contribution in [0, 0.1) is 6.92 Å². The van der Waals surface area contributed by atoms with E-state index in [0.717, 1.165) is 43.3 Å². The molecule has 0 atom stereocenters. The average molecular weight is 372 g/mol. The Balaban J connectivity index is 1.53. The van der Waals surface area contributed by atoms with Crippen LogP contribution in [-0.4, -0.2) is 59.8 Å². The second-order valence-electron chi connectivity index (χ2n) is 6.49. The highest BCUT2D eigenvalue weighted by atomic mass is 32.2. The molecule has 0 bridgehead atoms. The van der Waals surface area contributed by atoms with Crippen molar-refractivity contribution in [1.29, 1.82) is 0 Å². The van der Waals surface area contributed by atoms with E-state index in [4.69, 9.17) is 0 Å². The number of rotatable bonds is 6. The van der Waals surface area contributed by atoms with Gasteiger partial charge in [0.1, 0.15) is 5.82 Å². The molecule has 0 aliphatic carbocycles. The van der Waals surface area contributed by atoms with Crippen molar-refractivity contribution in [2.75, 3.05) is 43.9 Å². The van der Waals surface area contributed by atoms with Crippen molar-refractivity contribution >= 4 is 23.5 Å². The topological polar surface area (TPSA) is 61.4 Å². The Morgan fingerprint density at radius 1 is 1.15 bits per heavy atom. The fourth-order valence-electron chi connectivity index (χ4n) is 2.76. The Kier molecular flexibility index (Phi) is 6.46. The van der Waals surface area contributed by atoms with E-state index >= 15 is 0 Å². The quantitative estimate of drug-likeness (QED) is 0.619. The summed E-state index contributed by atoms with van der Waals surface area (Å²) >= 11 is 1.39. The second kappa shape index (κ2) is 9.00. The first-order valence-corrected chi connectivity index (χ1v) is 9.81. The third kappa shape index (κ3) is 5.44. The number of hydrogen-bond acceptors (Lipinski definition) is 6. The van der Waals surface area contributed by atoms with Gasteiger partial charge >= 0.3 is 0 Å². The van der Waals surface area contributed by atoms with Crippen LogP contribution in [-0.2, 0) is 11.3 Å². The van der Waals surface area contributed by atoms with Gasteiger partial charge in [0.25, 0.3) is 0 Å². The summed E-state index contributed by atoms with van der Waals surface area (Å²) in [6, 6.07) is 11.9. The van der Waals surface area contributed by atoms with Crippen LogP contribution in [0.5, 0.6) is 0 Å². The summed E-state index contributed by atoms with van der Waals surface area (Å²) in [5.74, 6) is 1.27. The van der Waals surface area contributed by atoms with Crippen molar-refractivity contribution < 1.29 is 4.79 Å². The molecule has 1 saturated heterocycles. The number of aromatic nitrogens is 2. The van der Waals surface area contributed by atoms with Crippen LogP contribution in [0.25, 0.3) is 0 Å². The number of carbonyl (C=O) groups is 1. The van der Waals surface area contributed by atoms with Crippen LogP contribution >= 0.6 is 11.8 Å². The molecule has 1 amide bonds. The Morgan fingerprint density at radius 3 is 2.62 bits per heavy atom. The first kappa shape index (κ1) is 18.7. The molecule has 1 aromatic heterocycles. The second-order valence-corrected chi connectivity index (χ2v) is 7.43. The lowest BCUT2D eigenvalue weighted by molar-refractivity contribution is -0.118. The summed E-state index contributed by atoms with van der Waals surface area (Å²) < 4.78 is 0. The summed E-state index contributed by atoms with van der Waals surface area (Å²) in [5.41, 5.74) is 2.02. The summed E-state index contributed by atoms with van der Waals surface area (Å²) in [6.45, 7) is 6.52. The van der Waals surface area contributed by atoms with Gasteiger partial charge in [-0.3, -0.25) is 4.79 Å². The lowest BCUT2D eigenvalue weighted by Crippen LogP contribution is -2.44. The molecule has 1 aliphatic rings. The first-order chi connectivity index (χ1) is 12.6. The van der Waals surface area contributed by atoms with Crippen LogP contribution < -0.4 is 10.2 Å². The number of carbonyl (C=O) groups excluding carboxylic acids is 1. The van der Waals surface area contributed by atoms with Crippen molar-refractivity contribution in [2.45, 2.75) is 18.6 Å². The van der Waals surface area contributed by atoms with Crippen LogP contribution in [0.2, 0.25) is 0 Å². The van der Waals surface area contributed by atoms with Gasteiger partial charge in [-0.2, -0.15) is 0 Å². The Bertz CT molecular complexity index is 732. The molecule has 1 N–H and O–H groups in total. The monoisotopic (exact) mass is 371 g/mol. The average Bonchev–Trinajstić information content (AvgIpc) is 2.66. The Hall–Kier alpha value is -2.12. The number of thioether (sulfide) groups is 1. The SMILES string of the molecule is Cc1cc(N2CCN(C)CC2)nc(SCC(=O)NCc2ccccc2)n1. The highest BCUT2D eigenvalue weighted by molar-refractivity contribution is 7.99. The summed E-state index contributed by atoms with van der Waals surface area (Å²) in [5, 5.41) is 3.60. The van der Waals surface area contributed by atoms with E-state index < -0.39 is 0 Å². The van der Waals surface area contributed by atoms with Crippen molar-refractivity contribution in [1.82, 2.24) is 20.2 Å². The number of amides is 1. The molecule has 3 rings (SSSR count). The maximum atomic E-state index is 12.1. The number of benzene rings is 1. The zero-order valence-electron chi connectivity index (χ0n) is 15.3. The minimum Gasteiger partial charge on any atom is -0.354 e. The molecule has 7 heteroatoms. The number of piperazine rings is 1. The van der Waals surface area contributed by atoms with E-state index in [1.54, 1.807) is 0 Å². The molecule has 2 heterocycles. The van der Waals surface area contributed by atoms with E-state index in [0.29, 0.717) is 17.5 Å². The largest absolute Gasteiger partial charge is 0.354 e. The third-order valence-corrected chi connectivity index (χ3v) is 5.16. The molecule has 1 aliphatic heterocycles. The molecular weight excluding hydrogens is 346 g/mol. The van der Waals surface area contributed by atoms with Gasteiger partial charge in [0.05, 0.1) is 5.75 Å². The molecular formula is C19H25N5OS. The molecule has 138 valence electrons. The fraction of sp³-hybridized carbons (Fsp3) is 0.421. The molecule has 0 saturated carbocycles. The minimum atomic E-state index is -0.00916. The van der Waals surface area contributed by atoms with E-state index in [1.165, 1.54) is 11.8 Å². The van der Waals surface area contributed by atoms with E-state index in [9.17, 15) is 4.79 Å². The molecule has 1 aromatic carbocycles. The Morgan fingerprint density at radius 2 is 1.88 bits per heavy atom. The van der Waals surface area contributed by atoms with Gasteiger partial charge in [-0.1, -0.05) is 42.1 Å². The maximum absolute atomic E-state index is 12.1. The zero-order valence-corrected chi connectivity index (χ0v) is 16.1. The molecule has 0 unspecified atom stereocenters. The van der Waals surface area contributed by atoms with Crippen LogP contribution in [0.15, 0.2) is 41.6 Å². The van der Waals surface area contributed by atoms with Crippen molar-refractivity contribution in [2.24, 2.45) is 0 Å². The molecule has 26 heavy (non-hydrogen) atoms. The van der Waals surface area contributed by atoms with Crippen molar-refractivity contribution in [3.63, 3.8) is 0 Å². The van der Waals surface area contributed by atoms with Gasteiger partial charge < -0.3 is 15.1 Å². The van der Waals surface area contributed by atoms with Gasteiger partial charge in [0.2, 0.25) is 5.91 Å². The molecule has 6 nitrogen and oxygen atoms in total. The number of hydrogen-bond donors (Lipinski definition) is 1. The van der Waals surface area contributed by atoms with Crippen molar-refractivity contribution in [3.8, 4) is 0 Å². The lowest BCUT2D eigenvalue weighted by Gasteiger charge is -2.33. The van der Waals surface area contributed by atoms with E-state index in [-0.39, 0.29) is 5.91 Å². The number of likely N-dealkylation sites (N-methyl/N-ethyl adjacent to an activating group) is 1. The van der Waals surface area contributed by atoms with Crippen LogP contribution in [0.3, 0.4) is 0 Å². The zero-order chi connectivity index (χ0) is 18.4. The summed E-state index contributed by atoms with van der Waals surface area (Å²) in [7, 11) is 2.14. The predicted molar refractivity (Wildman–Crippen MR) is 105 cm³/mol. The molecule has 2 aromatic rings. The molecule has 0 radical (unpaired) electrons. The predicted octanol–water partition coefficient (Wildman–Crippen LogP) is 1.95. The van der Waals surface area contributed by atoms with E-state index in [2.05, 4.69) is 32.1 Å². The van der Waals surface area contributed by atoms with Crippen LogP contribution in [0.4, 0.5) is 5.82 Å². The van der Waals surface area contributed by atoms with Crippen molar-refractivity contribution in [3.05, 3.63) is 47.7 Å². The number of nitrogens with zero attached hydrogens (tertiary/aromatic N) is 4. The van der Waals surface area contributed by atoms with Gasteiger partial charge in [-0.05, 0) is 19.5 Å². The molecule has 0 spiro atoms. The lowest BCUT2D eigenvalue weighted by atomic mass is 10.2. The van der Waals surface area contributed by atoms with Crippen LogP contribution in [0.1, 0.15) is 11.3 Å². The smallest absolute Gasteiger partial charge is 0.230 e. The normalized spacial score (nSPS) is 15.1. The van der Waals surface area contributed by atoms with Gasteiger partial charge in [0, 0.05) is 44.5 Å². The summed E-state index contributed by atoms with van der Waals surface area (Å²) in [4.78, 5) is 25.8. The first-order valence-electron chi connectivity index (χ1n) is 8.83. The fourth-order valence-corrected chi connectivity index (χ4v) is 3.49. The summed E-state index contributed by atoms with van der Waals surface area (Å²) in [6.07, 6.45) is 0. The van der Waals surface area contributed by atoms with Gasteiger partial charge in [-0.15, -0.1) is 0 Å². The number of aryl methyl sites for hydroxylation is 1. The van der Waals surface area contributed by atoms with Gasteiger partial charge in [0.15, 0.2) is 5.16 Å². The Labute approximate surface area is 159 Å². The third-order valence-electron chi connectivity index (χ3n) is 4.31. The van der Waals surface area contributed by atoms with E-state index in [1.807, 2.05) is 43.3 Å². The van der Waals surface area contributed by atoms with Gasteiger partial charge in [-0.25, -0.2) is 9.97 Å². The molecule has 1 fully saturated rings. The maximum Gasteiger partial charge on any atom is 0.230 e. The standard InChI is InChI=1S/C19H25N5OS/c1-15-12-17(24-10-8-23(2)9-11-24)22-19(21-15)26-14-18(25)20-13-16-6-4-3-5-7-16/h3-7,12H,8-11,13-14H2,1-2H3,(H,20,25).